The van der Waals surface area contributed by atoms with E-state index in [1.54, 1.807) is 0 Å². The lowest BCUT2D eigenvalue weighted by Gasteiger charge is -2.28. The lowest BCUT2D eigenvalue weighted by Crippen LogP contribution is -2.39. The van der Waals surface area contributed by atoms with Crippen LogP contribution in [0, 0.1) is 0 Å². The van der Waals surface area contributed by atoms with Crippen LogP contribution in [0.3, 0.4) is 0 Å². The van der Waals surface area contributed by atoms with Gasteiger partial charge >= 0.3 is 0 Å². The van der Waals surface area contributed by atoms with Crippen molar-refractivity contribution in [3.8, 4) is 0 Å². The highest BCUT2D eigenvalue weighted by molar-refractivity contribution is 6.76. The van der Waals surface area contributed by atoms with Gasteiger partial charge in [-0.05, 0) is 0 Å². The molecule has 0 rings (SSSR count). The van der Waals surface area contributed by atoms with Crippen LogP contribution in [-0.4, -0.2) is 18.8 Å². The van der Waals surface area contributed by atoms with E-state index in [1.165, 1.54) is 0 Å². The van der Waals surface area contributed by atoms with Gasteiger partial charge in [0.2, 0.25) is 8.13 Å². The summed E-state index contributed by atoms with van der Waals surface area (Å²) in [7, 11) is 0. The Hall–Kier alpha value is 1.70. The molecule has 1 unspecified atom stereocenters. The molecule has 1 nitrogen and oxygen atoms in total. The van der Waals surface area contributed by atoms with Gasteiger partial charge in [-0.15, -0.1) is 0 Å². The minimum absolute atomic E-state index is 1.64. The highest BCUT2D eigenvalue weighted by atomic mass is 35.6. The van der Waals surface area contributed by atoms with Gasteiger partial charge in [0.15, 0.2) is 5.56 Å². The standard InChI is InChI=1S/C3H2Cl6O/c4-1(10)2(5,6)3(7,8)9/h1,10H. The van der Waals surface area contributed by atoms with E-state index in [2.05, 4.69) is 0 Å². The van der Waals surface area contributed by atoms with Gasteiger partial charge in [-0.25, -0.2) is 0 Å². The summed E-state index contributed by atoms with van der Waals surface area (Å²) in [5, 5.41) is 8.66. The molecule has 62 valence electrons. The largest absolute Gasteiger partial charge is 0.374 e. The third-order valence-electron chi connectivity index (χ3n) is 0.677. The van der Waals surface area contributed by atoms with Gasteiger partial charge in [0.05, 0.1) is 0 Å². The van der Waals surface area contributed by atoms with E-state index in [0.29, 0.717) is 0 Å². The molecule has 0 aliphatic carbocycles. The van der Waals surface area contributed by atoms with Crippen molar-refractivity contribution in [3.63, 3.8) is 0 Å². The van der Waals surface area contributed by atoms with Gasteiger partial charge in [0.25, 0.3) is 0 Å². The van der Waals surface area contributed by atoms with Gasteiger partial charge in [0.1, 0.15) is 0 Å². The van der Waals surface area contributed by atoms with E-state index in [4.69, 9.17) is 74.7 Å². The predicted molar refractivity (Wildman–Crippen MR) is 46.6 cm³/mol. The summed E-state index contributed by atoms with van der Waals surface area (Å²) < 4.78 is -4.02. The molecule has 0 aliphatic heterocycles. The number of aliphatic hydroxyl groups is 1. The molecule has 0 aromatic carbocycles. The fourth-order valence-corrected chi connectivity index (χ4v) is 0.776. The quantitative estimate of drug-likeness (QED) is 0.723. The number of aliphatic hydroxyl groups excluding tert-OH is 1. The molecule has 0 fully saturated rings. The van der Waals surface area contributed by atoms with Crippen molar-refractivity contribution >= 4 is 69.6 Å². The van der Waals surface area contributed by atoms with E-state index in [-0.39, 0.29) is 0 Å². The van der Waals surface area contributed by atoms with E-state index in [9.17, 15) is 0 Å². The van der Waals surface area contributed by atoms with Gasteiger partial charge in [-0.3, -0.25) is 0 Å². The van der Waals surface area contributed by atoms with Crippen molar-refractivity contribution in [1.82, 2.24) is 0 Å². The first kappa shape index (κ1) is 11.7. The summed E-state index contributed by atoms with van der Waals surface area (Å²) in [6.07, 6.45) is 0. The zero-order valence-corrected chi connectivity index (χ0v) is 8.83. The van der Waals surface area contributed by atoms with E-state index in [1.807, 2.05) is 0 Å². The summed E-state index contributed by atoms with van der Waals surface area (Å²) in [5.74, 6) is 0. The molecule has 0 radical (unpaired) electrons. The van der Waals surface area contributed by atoms with Crippen LogP contribution in [0.2, 0.25) is 0 Å². The summed E-state index contributed by atoms with van der Waals surface area (Å²) in [6.45, 7) is 0. The highest BCUT2D eigenvalue weighted by Gasteiger charge is 2.50. The maximum atomic E-state index is 8.66. The second-order valence-electron chi connectivity index (χ2n) is 1.46. The monoisotopic (exact) mass is 264 g/mol. The summed E-state index contributed by atoms with van der Waals surface area (Å²) in [4.78, 5) is 0. The molecular formula is C3H2Cl6O. The van der Waals surface area contributed by atoms with Gasteiger partial charge < -0.3 is 5.11 Å². The highest BCUT2D eigenvalue weighted by Crippen LogP contribution is 2.48. The Kier molecular flexibility index (Phi) is 4.22. The Balaban J connectivity index is 4.40. The molecule has 0 amide bonds. The van der Waals surface area contributed by atoms with Crippen LogP contribution in [0.25, 0.3) is 0 Å². The first-order chi connectivity index (χ1) is 4.19. The normalized spacial score (nSPS) is 17.1. The summed E-state index contributed by atoms with van der Waals surface area (Å²) in [6, 6.07) is 0. The van der Waals surface area contributed by atoms with Crippen LogP contribution in [0.1, 0.15) is 0 Å². The smallest absolute Gasteiger partial charge is 0.226 e. The molecule has 0 aromatic rings. The Labute approximate surface area is 88.1 Å². The van der Waals surface area contributed by atoms with Crippen molar-refractivity contribution in [2.45, 2.75) is 13.7 Å². The first-order valence-electron chi connectivity index (χ1n) is 1.96. The Bertz CT molecular complexity index is 115. The molecule has 0 aromatic heterocycles. The number of hydrogen-bond acceptors (Lipinski definition) is 1. The third-order valence-corrected chi connectivity index (χ3v) is 3.68. The molecule has 0 spiro atoms. The number of rotatable bonds is 1. The van der Waals surface area contributed by atoms with Crippen molar-refractivity contribution in [2.75, 3.05) is 0 Å². The van der Waals surface area contributed by atoms with Crippen LogP contribution in [0.4, 0.5) is 0 Å². The van der Waals surface area contributed by atoms with Crippen molar-refractivity contribution in [1.29, 1.82) is 0 Å². The minimum Gasteiger partial charge on any atom is -0.374 e. The molecule has 1 N–H and O–H groups in total. The first-order valence-corrected chi connectivity index (χ1v) is 4.29. The van der Waals surface area contributed by atoms with Crippen LogP contribution in [0.5, 0.6) is 0 Å². The van der Waals surface area contributed by atoms with Crippen molar-refractivity contribution < 1.29 is 5.11 Å². The summed E-state index contributed by atoms with van der Waals surface area (Å²) >= 11 is 31.5. The average molecular weight is 267 g/mol. The van der Waals surface area contributed by atoms with Crippen LogP contribution >= 0.6 is 69.6 Å². The van der Waals surface area contributed by atoms with Crippen LogP contribution in [-0.2, 0) is 0 Å². The molecule has 0 saturated carbocycles. The zero-order chi connectivity index (χ0) is 8.58. The summed E-state index contributed by atoms with van der Waals surface area (Å²) in [5.41, 5.74) is -1.64. The topological polar surface area (TPSA) is 20.2 Å². The number of halogens is 6. The molecule has 0 bridgehead atoms. The van der Waals surface area contributed by atoms with E-state index >= 15 is 0 Å². The minimum atomic E-state index is -2.02. The van der Waals surface area contributed by atoms with Gasteiger partial charge in [0, 0.05) is 0 Å². The van der Waals surface area contributed by atoms with Crippen molar-refractivity contribution in [2.24, 2.45) is 0 Å². The molecule has 1 atom stereocenters. The van der Waals surface area contributed by atoms with E-state index < -0.39 is 13.7 Å². The molecule has 0 aliphatic rings. The molecule has 0 heterocycles. The lowest BCUT2D eigenvalue weighted by molar-refractivity contribution is 0.237. The Morgan fingerprint density at radius 1 is 1.00 bits per heavy atom. The maximum Gasteiger partial charge on any atom is 0.226 e. The zero-order valence-electron chi connectivity index (χ0n) is 4.29. The predicted octanol–water partition coefficient (Wildman–Crippen LogP) is 3.09. The average Bonchev–Trinajstić information content (AvgIpc) is 1.62. The molecule has 0 saturated heterocycles. The second-order valence-corrected chi connectivity index (χ2v) is 5.54. The Morgan fingerprint density at radius 3 is 1.30 bits per heavy atom. The molecule has 7 heteroatoms. The van der Waals surface area contributed by atoms with Crippen molar-refractivity contribution in [3.05, 3.63) is 0 Å². The van der Waals surface area contributed by atoms with Gasteiger partial charge in [-0.1, -0.05) is 69.6 Å². The molecular weight excluding hydrogens is 265 g/mol. The lowest BCUT2D eigenvalue weighted by atomic mass is 10.5. The number of hydrogen-bond donors (Lipinski definition) is 1. The van der Waals surface area contributed by atoms with E-state index in [0.717, 1.165) is 0 Å². The molecule has 10 heavy (non-hydrogen) atoms. The number of alkyl halides is 6. The van der Waals surface area contributed by atoms with Crippen LogP contribution in [0.15, 0.2) is 0 Å². The third kappa shape index (κ3) is 2.63. The van der Waals surface area contributed by atoms with Gasteiger partial charge in [-0.2, -0.15) is 0 Å². The Morgan fingerprint density at radius 2 is 1.30 bits per heavy atom. The maximum absolute atomic E-state index is 8.66. The van der Waals surface area contributed by atoms with Crippen LogP contribution < -0.4 is 0 Å². The fourth-order valence-electron chi connectivity index (χ4n) is 0.135. The second kappa shape index (κ2) is 3.61. The SMILES string of the molecule is OC(Cl)C(Cl)(Cl)C(Cl)(Cl)Cl. The fraction of sp³-hybridized carbons (Fsp3) is 1.00.